The van der Waals surface area contributed by atoms with Crippen LogP contribution in [0, 0.1) is 12.8 Å². The summed E-state index contributed by atoms with van der Waals surface area (Å²) in [5.41, 5.74) is 17.9. The molecular weight excluding hydrogens is 1860 g/mol. The van der Waals surface area contributed by atoms with Crippen LogP contribution in [0.5, 0.6) is 0 Å². The number of esters is 2. The molecule has 1 aliphatic rings. The number of carbonyl (C=O) groups excluding carboxylic acids is 2. The number of H-pyrrole nitrogens is 8. The first-order valence-electron chi connectivity index (χ1n) is 48.7. The molecule has 0 unspecified atom stereocenters. The summed E-state index contributed by atoms with van der Waals surface area (Å²) in [5.74, 6) is 0.538. The maximum atomic E-state index is 11.9. The summed E-state index contributed by atoms with van der Waals surface area (Å²) in [6, 6.07) is 105. The van der Waals surface area contributed by atoms with Gasteiger partial charge in [0.2, 0.25) is 0 Å². The van der Waals surface area contributed by atoms with Crippen molar-refractivity contribution < 1.29 is 19.1 Å². The second-order valence-electron chi connectivity index (χ2n) is 36.2. The summed E-state index contributed by atoms with van der Waals surface area (Å²) in [6.07, 6.45) is 15.4. The number of ether oxygens (including phenoxy) is 2. The van der Waals surface area contributed by atoms with Gasteiger partial charge in [-0.3, -0.25) is 132 Å². The van der Waals surface area contributed by atoms with E-state index in [0.717, 1.165) is 111 Å². The molecule has 11 heterocycles. The largest absolute Gasteiger partial charge is 0.465 e. The SMILES string of the molecule is CC(C)c1ccc(Cn2[nH]c(=O)c3ccccc32)cc1.COC(=O)c1ccc(Cn2[nH]c(=O)c3ccccc32)cc1.COC(=O)c1cccc(Cn2[nH]c(=O)c3ccccc32)c1.Cc1ccc(Cn2[nH]c(=O)c3ccccc32)cc1.O=c1[nH]n(CC2CCCCC2)c2ccccc12.O=c1[nH]n(Cc2ccccn2)c2ccccc12.O=c1[nH]n(Cc2cccnc2)c2ccccc12.O=c1[nH]n(Cc2ccncc2)c2ccccc12. The fraction of sp³-hybridized carbons (Fsp3) is 0.171. The number of hydrogen-bond acceptors (Lipinski definition) is 15. The van der Waals surface area contributed by atoms with Gasteiger partial charge in [0.05, 0.1) is 164 Å². The third kappa shape index (κ3) is 24.9. The van der Waals surface area contributed by atoms with E-state index in [1.54, 1.807) is 82.8 Å². The number of rotatable bonds is 19. The number of aromatic amines is 8. The topological polar surface area (TPSA) is 394 Å². The zero-order valence-electron chi connectivity index (χ0n) is 82.3. The molecule has 0 spiro atoms. The Hall–Kier alpha value is -18.8. The van der Waals surface area contributed by atoms with Gasteiger partial charge in [-0.1, -0.05) is 221 Å². The average Bonchev–Trinajstić information content (AvgIpc) is 1.93. The quantitative estimate of drug-likeness (QED) is 0.0349. The minimum atomic E-state index is -0.372. The Morgan fingerprint density at radius 3 is 0.953 bits per heavy atom. The Labute approximate surface area is 846 Å². The van der Waals surface area contributed by atoms with E-state index in [4.69, 9.17) is 4.74 Å². The van der Waals surface area contributed by atoms with Crippen LogP contribution in [0.2, 0.25) is 0 Å². The molecule has 12 aromatic carbocycles. The van der Waals surface area contributed by atoms with Gasteiger partial charge in [-0.2, -0.15) is 0 Å². The van der Waals surface area contributed by atoms with Gasteiger partial charge in [-0.25, -0.2) is 9.59 Å². The number of fused-ring (bicyclic) bond motifs is 8. The van der Waals surface area contributed by atoms with Crippen molar-refractivity contribution in [3.63, 3.8) is 0 Å². The van der Waals surface area contributed by atoms with Crippen molar-refractivity contribution >= 4 is 99.2 Å². The van der Waals surface area contributed by atoms with E-state index in [0.29, 0.717) is 79.0 Å². The number of aromatic nitrogens is 19. The van der Waals surface area contributed by atoms with Gasteiger partial charge >= 0.3 is 11.9 Å². The van der Waals surface area contributed by atoms with Crippen molar-refractivity contribution in [1.29, 1.82) is 0 Å². The Morgan fingerprint density at radius 2 is 0.601 bits per heavy atom. The highest BCUT2D eigenvalue weighted by Gasteiger charge is 2.19. The van der Waals surface area contributed by atoms with E-state index in [-0.39, 0.29) is 56.4 Å². The molecule has 0 atom stereocenters. The van der Waals surface area contributed by atoms with Crippen molar-refractivity contribution in [3.8, 4) is 0 Å². The van der Waals surface area contributed by atoms with Crippen LogP contribution in [-0.4, -0.2) is 119 Å². The molecule has 8 N–H and O–H groups in total. The van der Waals surface area contributed by atoms with Gasteiger partial charge in [0.1, 0.15) is 0 Å². The van der Waals surface area contributed by atoms with E-state index >= 15 is 0 Å². The number of benzene rings is 12. The highest BCUT2D eigenvalue weighted by Crippen LogP contribution is 2.27. The number of pyridine rings is 3. The first-order chi connectivity index (χ1) is 72.1. The lowest BCUT2D eigenvalue weighted by atomic mass is 9.89. The number of carbonyl (C=O) groups is 2. The molecule has 1 aliphatic carbocycles. The van der Waals surface area contributed by atoms with Crippen molar-refractivity contribution in [2.45, 2.75) is 111 Å². The van der Waals surface area contributed by atoms with Crippen LogP contribution < -0.4 is 44.5 Å². The first-order valence-corrected chi connectivity index (χ1v) is 48.7. The molecule has 0 aliphatic heterocycles. The molecule has 746 valence electrons. The highest BCUT2D eigenvalue weighted by molar-refractivity contribution is 5.90. The zero-order chi connectivity index (χ0) is 103. The predicted octanol–water partition coefficient (Wildman–Crippen LogP) is 18.7. The molecule has 23 aromatic rings. The summed E-state index contributed by atoms with van der Waals surface area (Å²) >= 11 is 0. The van der Waals surface area contributed by atoms with Crippen molar-refractivity contribution in [2.75, 3.05) is 14.2 Å². The smallest absolute Gasteiger partial charge is 0.337 e. The Kier molecular flexibility index (Phi) is 32.6. The van der Waals surface area contributed by atoms with E-state index in [2.05, 4.69) is 130 Å². The van der Waals surface area contributed by atoms with Crippen LogP contribution in [0.15, 0.2) is 403 Å². The Morgan fingerprint density at radius 1 is 0.291 bits per heavy atom. The summed E-state index contributed by atoms with van der Waals surface area (Å²) in [6.45, 7) is 11.6. The normalized spacial score (nSPS) is 11.7. The number of para-hydroxylation sites is 8. The first kappa shape index (κ1) is 101. The lowest BCUT2D eigenvalue weighted by Gasteiger charge is -2.21. The lowest BCUT2D eigenvalue weighted by Crippen LogP contribution is -2.16. The predicted molar refractivity (Wildman–Crippen MR) is 581 cm³/mol. The van der Waals surface area contributed by atoms with Crippen molar-refractivity contribution in [3.05, 3.63) is 509 Å². The third-order valence-corrected chi connectivity index (χ3v) is 25.6. The van der Waals surface area contributed by atoms with Crippen LogP contribution in [0.3, 0.4) is 0 Å². The molecular formula is C117H111N19O12. The summed E-state index contributed by atoms with van der Waals surface area (Å²) in [7, 11) is 2.71. The summed E-state index contributed by atoms with van der Waals surface area (Å²) in [4.78, 5) is 129. The van der Waals surface area contributed by atoms with Gasteiger partial charge in [0, 0.05) is 37.5 Å². The number of nitrogens with zero attached hydrogens (tertiary/aromatic N) is 11. The maximum Gasteiger partial charge on any atom is 0.337 e. The molecule has 0 bridgehead atoms. The number of aryl methyl sites for hydroxylation is 1. The van der Waals surface area contributed by atoms with Gasteiger partial charge in [-0.05, 0) is 222 Å². The van der Waals surface area contributed by atoms with Crippen LogP contribution in [-0.2, 0) is 61.8 Å². The van der Waals surface area contributed by atoms with Crippen LogP contribution >= 0.6 is 0 Å². The second-order valence-corrected chi connectivity index (χ2v) is 36.2. The van der Waals surface area contributed by atoms with Crippen LogP contribution in [0.1, 0.15) is 123 Å². The Balaban J connectivity index is 0.000000116. The average molecular weight is 1980 g/mol. The molecule has 1 saturated carbocycles. The maximum absolute atomic E-state index is 11.9. The molecule has 11 aromatic heterocycles. The van der Waals surface area contributed by atoms with Gasteiger partial charge in [-0.15, -0.1) is 0 Å². The fourth-order valence-corrected chi connectivity index (χ4v) is 18.0. The van der Waals surface area contributed by atoms with E-state index in [9.17, 15) is 47.9 Å². The third-order valence-electron chi connectivity index (χ3n) is 25.6. The molecule has 24 rings (SSSR count). The van der Waals surface area contributed by atoms with Crippen molar-refractivity contribution in [1.82, 2.24) is 93.2 Å². The molecule has 31 heteroatoms. The minimum Gasteiger partial charge on any atom is -0.465 e. The molecule has 31 nitrogen and oxygen atoms in total. The molecule has 0 radical (unpaired) electrons. The van der Waals surface area contributed by atoms with Crippen molar-refractivity contribution in [2.24, 2.45) is 5.92 Å². The minimum absolute atomic E-state index is 0.0283. The highest BCUT2D eigenvalue weighted by atomic mass is 16.5. The van der Waals surface area contributed by atoms with Crippen LogP contribution in [0.4, 0.5) is 0 Å². The Bertz CT molecular complexity index is 8690. The van der Waals surface area contributed by atoms with Gasteiger partial charge < -0.3 is 9.47 Å². The fourth-order valence-electron chi connectivity index (χ4n) is 18.0. The second kappa shape index (κ2) is 47.8. The van der Waals surface area contributed by atoms with Crippen LogP contribution in [0.25, 0.3) is 87.2 Å². The van der Waals surface area contributed by atoms with Gasteiger partial charge in [0.25, 0.3) is 44.5 Å². The lowest BCUT2D eigenvalue weighted by molar-refractivity contribution is 0.0592. The molecule has 0 saturated heterocycles. The monoisotopic (exact) mass is 1970 g/mol. The van der Waals surface area contributed by atoms with E-state index in [1.165, 1.54) is 68.6 Å². The molecule has 1 fully saturated rings. The summed E-state index contributed by atoms with van der Waals surface area (Å²) < 4.78 is 24.3. The standard InChI is InChI=1S/C17H18N2O.2C16H14N2O3.C15H14N2O.C14H18N2O.3C13H11N3O/c1-12(2)14-9-7-13(8-10-14)11-19-16-6-4-3-5-15(16)17(20)18-19;1-21-16(20)12-6-4-5-11(9-12)10-18-14-8-3-2-7-13(14)15(19)17-18;1-21-16(20)12-8-6-11(7-9-12)10-18-14-5-3-2-4-13(14)15(19)17-18;1-11-6-8-12(9-7-11)10-17-14-5-3-2-4-13(14)15(18)16-17;17-14-12-8-4-5-9-13(12)16(15-14)10-11-6-2-1-3-7-11;17-13-11-6-1-2-7-12(11)16(15-13)9-10-5-3-4-8-14-10;17-13-11-5-1-2-6-12(11)16(15-13)9-10-4-3-7-14-8-10;17-13-11-3-1-2-4-12(11)16(15-13)9-10-5-7-14-8-6-10/h3-10,12H,11H2,1-2H3,(H,18,20);2*2-9H,10H2,1H3,(H,17,19);2-9H,10H2,1H3,(H,16,18);4-5,8-9,11H,1-3,6-7,10H2,(H,15,17);3*1-8H,9H2,(H,15,17). The van der Waals surface area contributed by atoms with Gasteiger partial charge in [0.15, 0.2) is 0 Å². The van der Waals surface area contributed by atoms with E-state index < -0.39 is 0 Å². The molecule has 0 amide bonds. The zero-order valence-corrected chi connectivity index (χ0v) is 82.3. The number of nitrogens with one attached hydrogen (secondary N) is 8. The number of methoxy groups -OCH3 is 2. The molecule has 148 heavy (non-hydrogen) atoms. The number of hydrogen-bond donors (Lipinski definition) is 8. The van der Waals surface area contributed by atoms with E-state index in [1.807, 2.05) is 271 Å². The summed E-state index contributed by atoms with van der Waals surface area (Å²) in [5, 5.41) is 28.6.